The molecule has 1 rings (SSSR count). The van der Waals surface area contributed by atoms with Gasteiger partial charge >= 0.3 is 0 Å². The summed E-state index contributed by atoms with van der Waals surface area (Å²) in [6.07, 6.45) is 0. The van der Waals surface area contributed by atoms with Gasteiger partial charge in [0.05, 0.1) is 5.02 Å². The van der Waals surface area contributed by atoms with Crippen LogP contribution in [0.2, 0.25) is 5.02 Å². The maximum Gasteiger partial charge on any atom is 0.242 e. The van der Waals surface area contributed by atoms with Gasteiger partial charge in [-0.25, -0.2) is 0 Å². The molecule has 0 aliphatic rings. The highest BCUT2D eigenvalue weighted by molar-refractivity contribution is 9.10. The minimum atomic E-state index is -0.308. The third kappa shape index (κ3) is 4.86. The lowest BCUT2D eigenvalue weighted by molar-refractivity contribution is -0.122. The van der Waals surface area contributed by atoms with Gasteiger partial charge < -0.3 is 10.6 Å². The molecule has 1 atom stereocenters. The molecule has 0 bridgehead atoms. The largest absolute Gasteiger partial charge is 0.374 e. The Labute approximate surface area is 121 Å². The average Bonchev–Trinajstić information content (AvgIpc) is 2.21. The number of anilines is 1. The number of rotatable bonds is 3. The molecule has 3 nitrogen and oxygen atoms in total. The Morgan fingerprint density at radius 2 is 2.00 bits per heavy atom. The Hall–Kier alpha value is -0.740. The molecule has 5 heteroatoms. The number of hydrogen-bond acceptors (Lipinski definition) is 2. The third-order valence-electron chi connectivity index (χ3n) is 2.19. The van der Waals surface area contributed by atoms with Crippen molar-refractivity contribution in [1.82, 2.24) is 5.32 Å². The van der Waals surface area contributed by atoms with Crippen molar-refractivity contribution >= 4 is 39.1 Å². The lowest BCUT2D eigenvalue weighted by atomic mass is 10.1. The van der Waals surface area contributed by atoms with E-state index >= 15 is 0 Å². The number of carbonyl (C=O) groups excluding carboxylic acids is 1. The molecular weight excluding hydrogens is 316 g/mol. The highest BCUT2D eigenvalue weighted by Crippen LogP contribution is 2.25. The first kappa shape index (κ1) is 15.3. The first-order chi connectivity index (χ1) is 8.19. The smallest absolute Gasteiger partial charge is 0.242 e. The van der Waals surface area contributed by atoms with Crippen molar-refractivity contribution < 1.29 is 4.79 Å². The molecule has 100 valence electrons. The predicted molar refractivity (Wildman–Crippen MR) is 80.1 cm³/mol. The first-order valence-electron chi connectivity index (χ1n) is 5.72. The second kappa shape index (κ2) is 5.93. The van der Waals surface area contributed by atoms with E-state index in [1.807, 2.05) is 39.8 Å². The van der Waals surface area contributed by atoms with Crippen LogP contribution in [0.5, 0.6) is 0 Å². The van der Waals surface area contributed by atoms with E-state index in [1.54, 1.807) is 6.07 Å². The number of carbonyl (C=O) groups is 1. The van der Waals surface area contributed by atoms with Crippen LogP contribution in [0.4, 0.5) is 5.69 Å². The van der Waals surface area contributed by atoms with Crippen LogP contribution in [0.3, 0.4) is 0 Å². The van der Waals surface area contributed by atoms with Crippen LogP contribution in [0.25, 0.3) is 0 Å². The van der Waals surface area contributed by atoms with E-state index in [0.29, 0.717) is 5.02 Å². The van der Waals surface area contributed by atoms with Crippen LogP contribution in [0, 0.1) is 0 Å². The Morgan fingerprint density at radius 3 is 2.50 bits per heavy atom. The molecule has 0 saturated heterocycles. The highest BCUT2D eigenvalue weighted by Gasteiger charge is 2.19. The van der Waals surface area contributed by atoms with Crippen LogP contribution in [-0.2, 0) is 4.79 Å². The Morgan fingerprint density at radius 1 is 1.39 bits per heavy atom. The fourth-order valence-electron chi connectivity index (χ4n) is 1.38. The lowest BCUT2D eigenvalue weighted by Gasteiger charge is -2.24. The van der Waals surface area contributed by atoms with Crippen molar-refractivity contribution in [3.05, 3.63) is 27.7 Å². The first-order valence-corrected chi connectivity index (χ1v) is 6.90. The Bertz CT molecular complexity index is 443. The van der Waals surface area contributed by atoms with E-state index in [2.05, 4.69) is 26.6 Å². The van der Waals surface area contributed by atoms with E-state index in [4.69, 9.17) is 11.6 Å². The fourth-order valence-corrected chi connectivity index (χ4v) is 1.88. The summed E-state index contributed by atoms with van der Waals surface area (Å²) in [5.74, 6) is -0.0337. The van der Waals surface area contributed by atoms with Gasteiger partial charge in [-0.1, -0.05) is 11.6 Å². The van der Waals surface area contributed by atoms with Crippen LogP contribution in [0.15, 0.2) is 22.7 Å². The van der Waals surface area contributed by atoms with Gasteiger partial charge in [0.1, 0.15) is 6.04 Å². The zero-order chi connectivity index (χ0) is 13.9. The number of halogens is 2. The standard InChI is InChI=1S/C13H18BrClN2O/c1-8(12(18)17-13(2,3)4)16-9-5-6-11(15)10(14)7-9/h5-8,16H,1-4H3,(H,17,18). The summed E-state index contributed by atoms with van der Waals surface area (Å²) in [4.78, 5) is 11.9. The molecule has 0 fully saturated rings. The van der Waals surface area contributed by atoms with Gasteiger partial charge in [-0.15, -0.1) is 0 Å². The summed E-state index contributed by atoms with van der Waals surface area (Å²) < 4.78 is 0.803. The second-order valence-corrected chi connectivity index (χ2v) is 6.50. The van der Waals surface area contributed by atoms with Crippen molar-refractivity contribution in [2.45, 2.75) is 39.3 Å². The minimum Gasteiger partial charge on any atom is -0.374 e. The van der Waals surface area contributed by atoms with Gasteiger partial charge in [0, 0.05) is 15.7 Å². The number of hydrogen-bond donors (Lipinski definition) is 2. The van der Waals surface area contributed by atoms with E-state index in [0.717, 1.165) is 10.2 Å². The van der Waals surface area contributed by atoms with Gasteiger partial charge in [-0.3, -0.25) is 4.79 Å². The van der Waals surface area contributed by atoms with Gasteiger partial charge in [0.2, 0.25) is 5.91 Å². The molecule has 0 spiro atoms. The van der Waals surface area contributed by atoms with Crippen LogP contribution in [-0.4, -0.2) is 17.5 Å². The molecule has 18 heavy (non-hydrogen) atoms. The normalized spacial score (nSPS) is 13.0. The highest BCUT2D eigenvalue weighted by atomic mass is 79.9. The quantitative estimate of drug-likeness (QED) is 0.883. The number of nitrogens with one attached hydrogen (secondary N) is 2. The van der Waals surface area contributed by atoms with E-state index in [1.165, 1.54) is 0 Å². The van der Waals surface area contributed by atoms with Gasteiger partial charge in [0.25, 0.3) is 0 Å². The molecule has 0 saturated carbocycles. The average molecular weight is 334 g/mol. The second-order valence-electron chi connectivity index (χ2n) is 5.23. The summed E-state index contributed by atoms with van der Waals surface area (Å²) in [7, 11) is 0. The molecule has 1 unspecified atom stereocenters. The van der Waals surface area contributed by atoms with Gasteiger partial charge in [0.15, 0.2) is 0 Å². The number of benzene rings is 1. The molecule has 0 aliphatic heterocycles. The van der Waals surface area contributed by atoms with Gasteiger partial charge in [-0.2, -0.15) is 0 Å². The van der Waals surface area contributed by atoms with Crippen LogP contribution >= 0.6 is 27.5 Å². The Kier molecular flexibility index (Phi) is 5.05. The summed E-state index contributed by atoms with van der Waals surface area (Å²) >= 11 is 9.26. The molecular formula is C13H18BrClN2O. The van der Waals surface area contributed by atoms with Crippen molar-refractivity contribution in [3.8, 4) is 0 Å². The number of amides is 1. The molecule has 0 radical (unpaired) electrons. The fraction of sp³-hybridized carbons (Fsp3) is 0.462. The molecule has 1 amide bonds. The molecule has 0 aromatic heterocycles. The summed E-state index contributed by atoms with van der Waals surface area (Å²) in [6.45, 7) is 7.69. The predicted octanol–water partition coefficient (Wildman–Crippen LogP) is 3.82. The maximum absolute atomic E-state index is 11.9. The van der Waals surface area contributed by atoms with Crippen molar-refractivity contribution in [3.63, 3.8) is 0 Å². The van der Waals surface area contributed by atoms with Crippen LogP contribution in [0.1, 0.15) is 27.7 Å². The van der Waals surface area contributed by atoms with Gasteiger partial charge in [-0.05, 0) is 61.8 Å². The molecule has 1 aromatic carbocycles. The summed E-state index contributed by atoms with van der Waals surface area (Å²) in [5, 5.41) is 6.70. The SMILES string of the molecule is CC(Nc1ccc(Cl)c(Br)c1)C(=O)NC(C)(C)C. The van der Waals surface area contributed by atoms with E-state index in [9.17, 15) is 4.79 Å². The molecule has 1 aromatic rings. The summed E-state index contributed by atoms with van der Waals surface area (Å²) in [6, 6.07) is 5.16. The minimum absolute atomic E-state index is 0.0337. The Balaban J connectivity index is 2.66. The zero-order valence-corrected chi connectivity index (χ0v) is 13.3. The van der Waals surface area contributed by atoms with E-state index < -0.39 is 0 Å². The lowest BCUT2D eigenvalue weighted by Crippen LogP contribution is -2.47. The zero-order valence-electron chi connectivity index (χ0n) is 11.0. The monoisotopic (exact) mass is 332 g/mol. The van der Waals surface area contributed by atoms with Crippen LogP contribution < -0.4 is 10.6 Å². The third-order valence-corrected chi connectivity index (χ3v) is 3.41. The van der Waals surface area contributed by atoms with Crippen molar-refractivity contribution in [2.24, 2.45) is 0 Å². The molecule has 0 heterocycles. The maximum atomic E-state index is 11.9. The topological polar surface area (TPSA) is 41.1 Å². The molecule has 2 N–H and O–H groups in total. The summed E-state index contributed by atoms with van der Waals surface area (Å²) in [5.41, 5.74) is 0.621. The van der Waals surface area contributed by atoms with Crippen molar-refractivity contribution in [1.29, 1.82) is 0 Å². The van der Waals surface area contributed by atoms with Crippen molar-refractivity contribution in [2.75, 3.05) is 5.32 Å². The molecule has 0 aliphatic carbocycles. The van der Waals surface area contributed by atoms with E-state index in [-0.39, 0.29) is 17.5 Å².